The molecule has 3 aromatic rings. The highest BCUT2D eigenvalue weighted by molar-refractivity contribution is 5.92. The number of allylic oxidation sites excluding steroid dienone is 1. The van der Waals surface area contributed by atoms with E-state index in [-0.39, 0.29) is 30.1 Å². The number of carbonyl (C=O) groups excluding carboxylic acids is 1. The molecule has 0 fully saturated rings. The number of fused-ring (bicyclic) bond motifs is 1. The average molecular weight is 479 g/mol. The van der Waals surface area contributed by atoms with Crippen molar-refractivity contribution in [3.8, 4) is 5.75 Å². The molecular weight excluding hydrogens is 444 g/mol. The van der Waals surface area contributed by atoms with Crippen LogP contribution in [0.4, 0.5) is 0 Å². The molecule has 7 nitrogen and oxygen atoms in total. The molecule has 0 saturated heterocycles. The number of amides is 1. The Hall–Kier alpha value is -3.29. The number of H-pyrrole nitrogens is 1. The Morgan fingerprint density at radius 3 is 2.77 bits per heavy atom. The number of aromatic amines is 1. The Morgan fingerprint density at radius 1 is 1.20 bits per heavy atom. The van der Waals surface area contributed by atoms with E-state index in [1.54, 1.807) is 7.11 Å². The van der Waals surface area contributed by atoms with Crippen molar-refractivity contribution in [1.82, 2.24) is 10.3 Å². The first kappa shape index (κ1) is 24.8. The topological polar surface area (TPSA) is 92.8 Å². The second kappa shape index (κ2) is 11.9. The van der Waals surface area contributed by atoms with Crippen molar-refractivity contribution >= 4 is 16.8 Å². The van der Waals surface area contributed by atoms with Crippen LogP contribution in [0.25, 0.3) is 10.9 Å². The normalized spacial score (nSPS) is 19.7. The quantitative estimate of drug-likeness (QED) is 0.382. The Morgan fingerprint density at radius 2 is 2.03 bits per heavy atom. The molecule has 2 aromatic carbocycles. The number of hydrogen-bond acceptors (Lipinski definition) is 5. The molecule has 186 valence electrons. The van der Waals surface area contributed by atoms with Crippen molar-refractivity contribution < 1.29 is 24.1 Å². The van der Waals surface area contributed by atoms with Gasteiger partial charge in [0.15, 0.2) is 5.76 Å². The van der Waals surface area contributed by atoms with Crippen LogP contribution in [0.15, 0.2) is 66.6 Å². The van der Waals surface area contributed by atoms with E-state index in [0.717, 1.165) is 34.2 Å². The first-order valence-corrected chi connectivity index (χ1v) is 12.2. The molecule has 1 aliphatic rings. The van der Waals surface area contributed by atoms with Crippen LogP contribution in [0.2, 0.25) is 0 Å². The van der Waals surface area contributed by atoms with E-state index in [2.05, 4.69) is 22.4 Å². The number of rotatable bonds is 11. The number of aromatic nitrogens is 1. The molecule has 0 bridgehead atoms. The monoisotopic (exact) mass is 478 g/mol. The lowest BCUT2D eigenvalue weighted by molar-refractivity contribution is -0.166. The molecule has 0 saturated carbocycles. The number of benzene rings is 2. The Kier molecular flexibility index (Phi) is 8.45. The molecule has 0 aliphatic carbocycles. The van der Waals surface area contributed by atoms with Gasteiger partial charge < -0.3 is 29.6 Å². The summed E-state index contributed by atoms with van der Waals surface area (Å²) in [5.41, 5.74) is 3.24. The van der Waals surface area contributed by atoms with Crippen molar-refractivity contribution in [3.63, 3.8) is 0 Å². The maximum atomic E-state index is 13.1. The van der Waals surface area contributed by atoms with Gasteiger partial charge in [0, 0.05) is 48.7 Å². The van der Waals surface area contributed by atoms with Crippen LogP contribution in [0.3, 0.4) is 0 Å². The van der Waals surface area contributed by atoms with Gasteiger partial charge in [-0.1, -0.05) is 30.3 Å². The maximum absolute atomic E-state index is 13.1. The van der Waals surface area contributed by atoms with Crippen LogP contribution < -0.4 is 10.1 Å². The smallest absolute Gasteiger partial charge is 0.286 e. The van der Waals surface area contributed by atoms with Gasteiger partial charge in [0.2, 0.25) is 6.29 Å². The lowest BCUT2D eigenvalue weighted by Crippen LogP contribution is -2.39. The first-order valence-electron chi connectivity index (χ1n) is 12.2. The molecular formula is C28H34N2O5. The van der Waals surface area contributed by atoms with Gasteiger partial charge in [0.25, 0.3) is 5.91 Å². The number of carbonyl (C=O) groups is 1. The number of aliphatic hydroxyl groups is 1. The van der Waals surface area contributed by atoms with Crippen molar-refractivity contribution in [1.29, 1.82) is 0 Å². The predicted octanol–water partition coefficient (Wildman–Crippen LogP) is 4.28. The molecule has 1 aliphatic heterocycles. The van der Waals surface area contributed by atoms with Crippen LogP contribution in [0, 0.1) is 5.92 Å². The Balaban J connectivity index is 1.49. The summed E-state index contributed by atoms with van der Waals surface area (Å²) in [7, 11) is 1.65. The highest BCUT2D eigenvalue weighted by atomic mass is 16.7. The number of methoxy groups -OCH3 is 1. The maximum Gasteiger partial charge on any atom is 0.286 e. The van der Waals surface area contributed by atoms with E-state index in [1.165, 1.54) is 0 Å². The highest BCUT2D eigenvalue weighted by Crippen LogP contribution is 2.39. The summed E-state index contributed by atoms with van der Waals surface area (Å²) in [6.07, 6.45) is 5.36. The third kappa shape index (κ3) is 5.86. The average Bonchev–Trinajstić information content (AvgIpc) is 3.30. The fraction of sp³-hybridized carbons (Fsp3) is 0.393. The van der Waals surface area contributed by atoms with Crippen LogP contribution in [0.5, 0.6) is 5.75 Å². The molecule has 7 heteroatoms. The summed E-state index contributed by atoms with van der Waals surface area (Å²) in [6, 6.07) is 16.0. The van der Waals surface area contributed by atoms with Gasteiger partial charge in [-0.15, -0.1) is 0 Å². The molecule has 2 heterocycles. The molecule has 1 aromatic heterocycles. The lowest BCUT2D eigenvalue weighted by Gasteiger charge is -2.37. The molecule has 3 N–H and O–H groups in total. The zero-order chi connectivity index (χ0) is 24.6. The minimum Gasteiger partial charge on any atom is -0.497 e. The van der Waals surface area contributed by atoms with Gasteiger partial charge in [0.05, 0.1) is 7.11 Å². The van der Waals surface area contributed by atoms with Gasteiger partial charge in [-0.25, -0.2) is 0 Å². The summed E-state index contributed by atoms with van der Waals surface area (Å²) in [5.74, 6) is 0.775. The second-order valence-electron chi connectivity index (χ2n) is 8.67. The fourth-order valence-electron chi connectivity index (χ4n) is 4.71. The van der Waals surface area contributed by atoms with Crippen LogP contribution in [-0.2, 0) is 20.7 Å². The standard InChI is InChI=1S/C28H34N2O5/c1-3-34-28-22(10-7-15-31)23(19-8-5-4-6-9-19)17-26(35-28)27(32)29-14-13-20-18-30-25-12-11-21(33-2)16-24(20)25/h4-6,8-9,11-12,16-18,22-23,28,30-31H,3,7,10,13-15H2,1-2H3,(H,29,32). The highest BCUT2D eigenvalue weighted by Gasteiger charge is 2.37. The number of ether oxygens (including phenoxy) is 3. The molecule has 0 radical (unpaired) electrons. The molecule has 0 spiro atoms. The minimum atomic E-state index is -0.552. The Labute approximate surface area is 206 Å². The predicted molar refractivity (Wildman–Crippen MR) is 135 cm³/mol. The van der Waals surface area contributed by atoms with Gasteiger partial charge in [-0.05, 0) is 61.6 Å². The summed E-state index contributed by atoms with van der Waals surface area (Å²) >= 11 is 0. The van der Waals surface area contributed by atoms with Crippen molar-refractivity contribution in [2.75, 3.05) is 26.9 Å². The molecule has 4 rings (SSSR count). The van der Waals surface area contributed by atoms with Gasteiger partial charge in [-0.2, -0.15) is 0 Å². The van der Waals surface area contributed by atoms with Crippen molar-refractivity contribution in [2.45, 2.75) is 38.4 Å². The van der Waals surface area contributed by atoms with E-state index < -0.39 is 6.29 Å². The summed E-state index contributed by atoms with van der Waals surface area (Å²) < 4.78 is 17.3. The van der Waals surface area contributed by atoms with Gasteiger partial charge in [0.1, 0.15) is 5.75 Å². The second-order valence-corrected chi connectivity index (χ2v) is 8.67. The minimum absolute atomic E-state index is 0.00208. The molecule has 1 amide bonds. The van der Waals surface area contributed by atoms with Crippen LogP contribution in [-0.4, -0.2) is 49.2 Å². The zero-order valence-corrected chi connectivity index (χ0v) is 20.3. The summed E-state index contributed by atoms with van der Waals surface area (Å²) in [6.45, 7) is 2.96. The molecule has 35 heavy (non-hydrogen) atoms. The third-order valence-electron chi connectivity index (χ3n) is 6.47. The fourth-order valence-corrected chi connectivity index (χ4v) is 4.71. The van der Waals surface area contributed by atoms with E-state index in [9.17, 15) is 9.90 Å². The summed E-state index contributed by atoms with van der Waals surface area (Å²) in [4.78, 5) is 16.4. The molecule has 3 atom stereocenters. The van der Waals surface area contributed by atoms with E-state index in [0.29, 0.717) is 26.0 Å². The van der Waals surface area contributed by atoms with Gasteiger partial charge in [-0.3, -0.25) is 4.79 Å². The third-order valence-corrected chi connectivity index (χ3v) is 6.47. The number of aliphatic hydroxyl groups excluding tert-OH is 1. The zero-order valence-electron chi connectivity index (χ0n) is 20.3. The Bertz CT molecular complexity index is 1140. The van der Waals surface area contributed by atoms with Crippen molar-refractivity contribution in [2.24, 2.45) is 5.92 Å². The molecule has 3 unspecified atom stereocenters. The van der Waals surface area contributed by atoms with Gasteiger partial charge >= 0.3 is 0 Å². The largest absolute Gasteiger partial charge is 0.497 e. The van der Waals surface area contributed by atoms with E-state index in [4.69, 9.17) is 14.2 Å². The number of hydrogen-bond donors (Lipinski definition) is 3. The van der Waals surface area contributed by atoms with E-state index in [1.807, 2.05) is 55.6 Å². The summed E-state index contributed by atoms with van der Waals surface area (Å²) in [5, 5.41) is 13.5. The van der Waals surface area contributed by atoms with Crippen LogP contribution >= 0.6 is 0 Å². The van der Waals surface area contributed by atoms with E-state index >= 15 is 0 Å². The lowest BCUT2D eigenvalue weighted by atomic mass is 9.80. The SMILES string of the molecule is CCOC1OC(C(=O)NCCc2c[nH]c3ccc(OC)cc23)=CC(c2ccccc2)C1CCCO. The van der Waals surface area contributed by atoms with Crippen molar-refractivity contribution in [3.05, 3.63) is 77.7 Å². The van der Waals surface area contributed by atoms with Crippen LogP contribution in [0.1, 0.15) is 36.8 Å². The first-order chi connectivity index (χ1) is 17.1. The number of nitrogens with one attached hydrogen (secondary N) is 2.